The summed E-state index contributed by atoms with van der Waals surface area (Å²) in [6, 6.07) is 10.3. The molecule has 3 N–H and O–H groups in total. The molecule has 0 bridgehead atoms. The van der Waals surface area contributed by atoms with Crippen LogP contribution in [0.1, 0.15) is 63.6 Å². The Morgan fingerprint density at radius 3 is 2.58 bits per heavy atom. The van der Waals surface area contributed by atoms with Crippen LogP contribution in [0.4, 0.5) is 17.2 Å². The van der Waals surface area contributed by atoms with Crippen molar-refractivity contribution >= 4 is 29.0 Å². The molecule has 2 saturated heterocycles. The fourth-order valence-electron chi connectivity index (χ4n) is 5.97. The van der Waals surface area contributed by atoms with E-state index in [2.05, 4.69) is 65.3 Å². The molecular weight excluding hydrogens is 476 g/mol. The number of aryl methyl sites for hydroxylation is 1. The Morgan fingerprint density at radius 1 is 1.13 bits per heavy atom. The van der Waals surface area contributed by atoms with Gasteiger partial charge in [-0.2, -0.15) is 0 Å². The lowest BCUT2D eigenvalue weighted by molar-refractivity contribution is -0.146. The fraction of sp³-hybridized carbons (Fsp3) is 0.567. The fourth-order valence-corrected chi connectivity index (χ4v) is 5.97. The highest BCUT2D eigenvalue weighted by molar-refractivity contribution is 6.39. The molecule has 2 aliphatic rings. The third kappa shape index (κ3) is 6.65. The molecule has 4 rings (SSSR count). The van der Waals surface area contributed by atoms with Gasteiger partial charge in [-0.3, -0.25) is 9.59 Å². The SMILES string of the molecule is CCc1cc(NC(=O)C(=O)N2C[C@@H](C)CC[C@@H]2c2ccc(N(CC)C[C@@H]3CCCN(C)C3)cc2)cnc1N. The molecule has 0 spiro atoms. The van der Waals surface area contributed by atoms with E-state index in [1.807, 2.05) is 6.92 Å². The van der Waals surface area contributed by atoms with Crippen LogP contribution in [-0.2, 0) is 16.0 Å². The summed E-state index contributed by atoms with van der Waals surface area (Å²) < 4.78 is 0. The molecular formula is C30H44N6O2. The van der Waals surface area contributed by atoms with Gasteiger partial charge in [0.15, 0.2) is 0 Å². The normalized spacial score (nSPS) is 22.2. The summed E-state index contributed by atoms with van der Waals surface area (Å²) >= 11 is 0. The smallest absolute Gasteiger partial charge is 0.313 e. The van der Waals surface area contributed by atoms with Crippen LogP contribution in [0.15, 0.2) is 36.5 Å². The van der Waals surface area contributed by atoms with Crippen LogP contribution >= 0.6 is 0 Å². The second kappa shape index (κ2) is 12.6. The molecule has 8 heteroatoms. The number of nitrogens with two attached hydrogens (primary N) is 1. The number of nitrogen functional groups attached to an aromatic ring is 1. The highest BCUT2D eigenvalue weighted by Crippen LogP contribution is 2.34. The number of likely N-dealkylation sites (tertiary alicyclic amines) is 2. The van der Waals surface area contributed by atoms with Gasteiger partial charge in [0.25, 0.3) is 0 Å². The van der Waals surface area contributed by atoms with Crippen molar-refractivity contribution in [2.24, 2.45) is 11.8 Å². The first-order valence-electron chi connectivity index (χ1n) is 14.2. The lowest BCUT2D eigenvalue weighted by Crippen LogP contribution is -2.46. The molecule has 38 heavy (non-hydrogen) atoms. The van der Waals surface area contributed by atoms with Gasteiger partial charge in [0.2, 0.25) is 0 Å². The number of pyridine rings is 1. The quantitative estimate of drug-likeness (QED) is 0.528. The van der Waals surface area contributed by atoms with Crippen LogP contribution in [0.5, 0.6) is 0 Å². The van der Waals surface area contributed by atoms with Crippen molar-refractivity contribution in [2.45, 2.75) is 58.9 Å². The standard InChI is InChI=1S/C30H44N6O2/c1-5-23-16-25(17-32-28(23)31)33-29(37)30(38)36-18-21(3)9-14-27(36)24-10-12-26(13-11-24)35(6-2)20-22-8-7-15-34(4)19-22/h10-13,16-17,21-22,27H,5-9,14-15,18-20H2,1-4H3,(H2,31,32)(H,33,37)/t21-,22+,27+/m0/s1. The number of benzene rings is 1. The third-order valence-electron chi connectivity index (χ3n) is 8.14. The van der Waals surface area contributed by atoms with Gasteiger partial charge in [-0.05, 0) is 93.8 Å². The zero-order valence-corrected chi connectivity index (χ0v) is 23.4. The van der Waals surface area contributed by atoms with E-state index in [0.717, 1.165) is 43.6 Å². The Labute approximate surface area is 227 Å². The number of anilines is 3. The average Bonchev–Trinajstić information content (AvgIpc) is 2.92. The Hall–Kier alpha value is -3.13. The molecule has 0 unspecified atom stereocenters. The number of rotatable bonds is 7. The number of carbonyl (C=O) groups excluding carboxylic acids is 2. The van der Waals surface area contributed by atoms with Crippen molar-refractivity contribution in [3.05, 3.63) is 47.7 Å². The minimum Gasteiger partial charge on any atom is -0.383 e. The second-order valence-electron chi connectivity index (χ2n) is 11.1. The van der Waals surface area contributed by atoms with Crippen molar-refractivity contribution < 1.29 is 9.59 Å². The number of hydrogen-bond donors (Lipinski definition) is 2. The Bertz CT molecular complexity index is 1100. The molecule has 206 valence electrons. The van der Waals surface area contributed by atoms with Gasteiger partial charge >= 0.3 is 11.8 Å². The summed E-state index contributed by atoms with van der Waals surface area (Å²) in [7, 11) is 2.21. The van der Waals surface area contributed by atoms with Crippen molar-refractivity contribution in [3.8, 4) is 0 Å². The molecule has 1 aromatic heterocycles. The van der Waals surface area contributed by atoms with Crippen LogP contribution in [0.25, 0.3) is 0 Å². The van der Waals surface area contributed by atoms with Gasteiger partial charge in [-0.25, -0.2) is 4.98 Å². The van der Waals surface area contributed by atoms with Crippen LogP contribution in [0, 0.1) is 11.8 Å². The number of nitrogens with zero attached hydrogens (tertiary/aromatic N) is 4. The summed E-state index contributed by atoms with van der Waals surface area (Å²) in [6.45, 7) is 11.3. The Kier molecular flexibility index (Phi) is 9.26. The first-order chi connectivity index (χ1) is 18.3. The predicted molar refractivity (Wildman–Crippen MR) is 154 cm³/mol. The van der Waals surface area contributed by atoms with Crippen molar-refractivity contribution in [1.29, 1.82) is 0 Å². The lowest BCUT2D eigenvalue weighted by Gasteiger charge is -2.39. The van der Waals surface area contributed by atoms with Crippen LogP contribution in [-0.4, -0.2) is 66.4 Å². The minimum absolute atomic E-state index is 0.115. The molecule has 0 saturated carbocycles. The molecule has 1 aromatic carbocycles. The predicted octanol–water partition coefficient (Wildman–Crippen LogP) is 4.33. The summed E-state index contributed by atoms with van der Waals surface area (Å²) in [5, 5.41) is 2.74. The second-order valence-corrected chi connectivity index (χ2v) is 11.1. The van der Waals surface area contributed by atoms with E-state index >= 15 is 0 Å². The monoisotopic (exact) mass is 520 g/mol. The maximum atomic E-state index is 13.4. The van der Waals surface area contributed by atoms with Crippen molar-refractivity contribution in [1.82, 2.24) is 14.8 Å². The zero-order valence-electron chi connectivity index (χ0n) is 23.4. The maximum Gasteiger partial charge on any atom is 0.313 e. The Balaban J connectivity index is 1.46. The summed E-state index contributed by atoms with van der Waals surface area (Å²) in [6.07, 6.45) is 6.61. The summed E-state index contributed by atoms with van der Waals surface area (Å²) in [4.78, 5) is 37.2. The van der Waals surface area contributed by atoms with E-state index in [1.54, 1.807) is 11.0 Å². The lowest BCUT2D eigenvalue weighted by atomic mass is 9.89. The number of piperidine rings is 2. The molecule has 0 aliphatic carbocycles. The topological polar surface area (TPSA) is 94.8 Å². The highest BCUT2D eigenvalue weighted by Gasteiger charge is 2.34. The number of hydrogen-bond acceptors (Lipinski definition) is 6. The van der Waals surface area contributed by atoms with Crippen LogP contribution < -0.4 is 16.0 Å². The minimum atomic E-state index is -0.635. The molecule has 0 radical (unpaired) electrons. The summed E-state index contributed by atoms with van der Waals surface area (Å²) in [5.41, 5.74) is 9.52. The first kappa shape index (κ1) is 27.9. The van der Waals surface area contributed by atoms with E-state index in [9.17, 15) is 9.59 Å². The van der Waals surface area contributed by atoms with E-state index in [4.69, 9.17) is 5.73 Å². The number of amides is 2. The highest BCUT2D eigenvalue weighted by atomic mass is 16.2. The van der Waals surface area contributed by atoms with Gasteiger partial charge in [0.1, 0.15) is 5.82 Å². The van der Waals surface area contributed by atoms with E-state index < -0.39 is 11.8 Å². The molecule has 2 aromatic rings. The largest absolute Gasteiger partial charge is 0.383 e. The van der Waals surface area contributed by atoms with E-state index in [1.165, 1.54) is 31.3 Å². The number of nitrogens with one attached hydrogen (secondary N) is 1. The maximum absolute atomic E-state index is 13.4. The third-order valence-corrected chi connectivity index (χ3v) is 8.14. The van der Waals surface area contributed by atoms with Crippen LogP contribution in [0.3, 0.4) is 0 Å². The zero-order chi connectivity index (χ0) is 27.2. The van der Waals surface area contributed by atoms with Crippen molar-refractivity contribution in [3.63, 3.8) is 0 Å². The molecule has 3 heterocycles. The van der Waals surface area contributed by atoms with Crippen LogP contribution in [0.2, 0.25) is 0 Å². The van der Waals surface area contributed by atoms with Gasteiger partial charge in [0, 0.05) is 31.9 Å². The first-order valence-corrected chi connectivity index (χ1v) is 14.2. The number of carbonyl (C=O) groups is 2. The van der Waals surface area contributed by atoms with E-state index in [0.29, 0.717) is 36.3 Å². The van der Waals surface area contributed by atoms with Gasteiger partial charge in [-0.1, -0.05) is 26.0 Å². The summed E-state index contributed by atoms with van der Waals surface area (Å²) in [5.74, 6) is 0.333. The molecule has 2 aliphatic heterocycles. The number of aromatic nitrogens is 1. The van der Waals surface area contributed by atoms with Gasteiger partial charge < -0.3 is 25.8 Å². The van der Waals surface area contributed by atoms with Crippen molar-refractivity contribution in [2.75, 3.05) is 55.7 Å². The average molecular weight is 521 g/mol. The van der Waals surface area contributed by atoms with Gasteiger partial charge in [-0.15, -0.1) is 0 Å². The molecule has 2 fully saturated rings. The molecule has 3 atom stereocenters. The van der Waals surface area contributed by atoms with E-state index in [-0.39, 0.29) is 6.04 Å². The molecule has 2 amide bonds. The Morgan fingerprint density at radius 2 is 1.89 bits per heavy atom. The van der Waals surface area contributed by atoms with Gasteiger partial charge in [0.05, 0.1) is 17.9 Å². The molecule has 8 nitrogen and oxygen atoms in total.